The number of ether oxygens (including phenoxy) is 1. The SMILES string of the molecule is COc1ccc([N+](=O)[O-])cc1N(CC(=O)Nc1ccc(N2CCCC2=O)c(C)c1)S(C)(=O)=O. The van der Waals surface area contributed by atoms with Crippen LogP contribution >= 0.6 is 0 Å². The number of aryl methyl sites for hydroxylation is 1. The molecule has 0 atom stereocenters. The highest BCUT2D eigenvalue weighted by molar-refractivity contribution is 7.92. The number of hydrogen-bond acceptors (Lipinski definition) is 7. The molecule has 1 aliphatic rings. The molecule has 0 radical (unpaired) electrons. The predicted molar refractivity (Wildman–Crippen MR) is 123 cm³/mol. The van der Waals surface area contributed by atoms with Crippen molar-refractivity contribution in [2.45, 2.75) is 19.8 Å². The van der Waals surface area contributed by atoms with Crippen molar-refractivity contribution in [3.05, 3.63) is 52.1 Å². The van der Waals surface area contributed by atoms with E-state index in [1.54, 1.807) is 23.1 Å². The van der Waals surface area contributed by atoms with E-state index in [2.05, 4.69) is 5.32 Å². The summed E-state index contributed by atoms with van der Waals surface area (Å²) in [5.41, 5.74) is 1.50. The number of non-ortho nitro benzene ring substituents is 1. The van der Waals surface area contributed by atoms with Gasteiger partial charge in [-0.1, -0.05) is 0 Å². The second-order valence-electron chi connectivity index (χ2n) is 7.58. The average molecular weight is 477 g/mol. The molecule has 33 heavy (non-hydrogen) atoms. The highest BCUT2D eigenvalue weighted by atomic mass is 32.2. The summed E-state index contributed by atoms with van der Waals surface area (Å²) in [7, 11) is -2.69. The van der Waals surface area contributed by atoms with Gasteiger partial charge in [0.15, 0.2) is 0 Å². The van der Waals surface area contributed by atoms with E-state index in [1.165, 1.54) is 19.2 Å². The zero-order chi connectivity index (χ0) is 24.3. The topological polar surface area (TPSA) is 139 Å². The van der Waals surface area contributed by atoms with Crippen LogP contribution in [-0.2, 0) is 19.6 Å². The molecule has 1 saturated heterocycles. The molecule has 0 spiro atoms. The smallest absolute Gasteiger partial charge is 0.271 e. The summed E-state index contributed by atoms with van der Waals surface area (Å²) in [6, 6.07) is 8.54. The van der Waals surface area contributed by atoms with Gasteiger partial charge in [-0.15, -0.1) is 0 Å². The molecule has 1 fully saturated rings. The van der Waals surface area contributed by atoms with Gasteiger partial charge in [-0.25, -0.2) is 8.42 Å². The van der Waals surface area contributed by atoms with Crippen LogP contribution in [0.4, 0.5) is 22.7 Å². The van der Waals surface area contributed by atoms with Crippen molar-refractivity contribution >= 4 is 44.6 Å². The second kappa shape index (κ2) is 9.45. The van der Waals surface area contributed by atoms with E-state index in [0.29, 0.717) is 18.7 Å². The number of sulfonamides is 1. The summed E-state index contributed by atoms with van der Waals surface area (Å²) in [5, 5.41) is 13.8. The normalized spacial score (nSPS) is 13.7. The minimum atomic E-state index is -3.99. The van der Waals surface area contributed by atoms with Crippen LogP contribution in [0, 0.1) is 17.0 Å². The number of anilines is 3. The van der Waals surface area contributed by atoms with Crippen molar-refractivity contribution in [1.82, 2.24) is 0 Å². The van der Waals surface area contributed by atoms with Crippen molar-refractivity contribution in [3.63, 3.8) is 0 Å². The molecule has 0 bridgehead atoms. The molecule has 0 aromatic heterocycles. The Kier molecular flexibility index (Phi) is 6.86. The Bertz CT molecular complexity index is 1210. The minimum Gasteiger partial charge on any atom is -0.495 e. The Labute approximate surface area is 191 Å². The highest BCUT2D eigenvalue weighted by Gasteiger charge is 2.27. The summed E-state index contributed by atoms with van der Waals surface area (Å²) in [4.78, 5) is 36.9. The third-order valence-corrected chi connectivity index (χ3v) is 6.30. The standard InChI is InChI=1S/C21H24N4O7S/c1-14-11-15(6-8-17(14)23-10-4-5-21(23)27)22-20(26)13-24(33(3,30)31)18-12-16(25(28)29)7-9-19(18)32-2/h6-9,11-12H,4-5,10,13H2,1-3H3,(H,22,26). The Balaban J connectivity index is 1.84. The first kappa shape index (κ1) is 24.0. The molecule has 2 amide bonds. The first-order valence-electron chi connectivity index (χ1n) is 10.0. The number of amides is 2. The number of nitrogens with zero attached hydrogens (tertiary/aromatic N) is 3. The fourth-order valence-electron chi connectivity index (χ4n) is 3.64. The molecule has 2 aromatic rings. The summed E-state index contributed by atoms with van der Waals surface area (Å²) >= 11 is 0. The summed E-state index contributed by atoms with van der Waals surface area (Å²) in [5.74, 6) is -0.544. The van der Waals surface area contributed by atoms with Crippen molar-refractivity contribution in [2.75, 3.05) is 41.0 Å². The van der Waals surface area contributed by atoms with Crippen LogP contribution in [0.25, 0.3) is 0 Å². The van der Waals surface area contributed by atoms with Gasteiger partial charge in [-0.2, -0.15) is 0 Å². The van der Waals surface area contributed by atoms with Gasteiger partial charge < -0.3 is 15.0 Å². The predicted octanol–water partition coefficient (Wildman–Crippen LogP) is 2.44. The van der Waals surface area contributed by atoms with Crippen LogP contribution in [0.2, 0.25) is 0 Å². The Hall–Kier alpha value is -3.67. The number of nitrogens with one attached hydrogen (secondary N) is 1. The van der Waals surface area contributed by atoms with E-state index in [4.69, 9.17) is 4.74 Å². The summed E-state index contributed by atoms with van der Waals surface area (Å²) in [6.07, 6.45) is 2.18. The van der Waals surface area contributed by atoms with Crippen LogP contribution in [0.15, 0.2) is 36.4 Å². The van der Waals surface area contributed by atoms with Crippen molar-refractivity contribution < 1.29 is 27.7 Å². The fourth-order valence-corrected chi connectivity index (χ4v) is 4.49. The lowest BCUT2D eigenvalue weighted by Gasteiger charge is -2.24. The fraction of sp³-hybridized carbons (Fsp3) is 0.333. The number of carbonyl (C=O) groups excluding carboxylic acids is 2. The van der Waals surface area contributed by atoms with Crippen LogP contribution in [0.1, 0.15) is 18.4 Å². The maximum absolute atomic E-state index is 12.7. The third-order valence-electron chi connectivity index (χ3n) is 5.17. The van der Waals surface area contributed by atoms with Gasteiger partial charge in [-0.3, -0.25) is 24.0 Å². The number of nitro benzene ring substituents is 1. The molecule has 176 valence electrons. The van der Waals surface area contributed by atoms with Crippen molar-refractivity contribution in [2.24, 2.45) is 0 Å². The molecular weight excluding hydrogens is 452 g/mol. The van der Waals surface area contributed by atoms with Gasteiger partial charge in [0.1, 0.15) is 18.0 Å². The third kappa shape index (κ3) is 5.40. The number of benzene rings is 2. The van der Waals surface area contributed by atoms with E-state index in [9.17, 15) is 28.1 Å². The largest absolute Gasteiger partial charge is 0.495 e. The van der Waals surface area contributed by atoms with E-state index < -0.39 is 27.4 Å². The lowest BCUT2D eigenvalue weighted by atomic mass is 10.1. The van der Waals surface area contributed by atoms with Gasteiger partial charge in [0.25, 0.3) is 5.69 Å². The Morgan fingerprint density at radius 2 is 2.00 bits per heavy atom. The van der Waals surface area contributed by atoms with Gasteiger partial charge in [0.05, 0.1) is 18.3 Å². The number of carbonyl (C=O) groups is 2. The molecule has 11 nitrogen and oxygen atoms in total. The molecule has 2 aromatic carbocycles. The first-order chi connectivity index (χ1) is 15.5. The molecule has 0 unspecified atom stereocenters. The average Bonchev–Trinajstić information content (AvgIpc) is 3.16. The molecule has 1 heterocycles. The quantitative estimate of drug-likeness (QED) is 0.456. The number of methoxy groups -OCH3 is 1. The van der Waals surface area contributed by atoms with Crippen LogP contribution in [0.3, 0.4) is 0 Å². The zero-order valence-electron chi connectivity index (χ0n) is 18.4. The molecule has 0 saturated carbocycles. The van der Waals surface area contributed by atoms with Crippen LogP contribution in [-0.4, -0.2) is 51.6 Å². The van der Waals surface area contributed by atoms with Gasteiger partial charge in [-0.05, 0) is 43.2 Å². The minimum absolute atomic E-state index is 0.0459. The number of hydrogen-bond donors (Lipinski definition) is 1. The first-order valence-corrected chi connectivity index (χ1v) is 11.9. The van der Waals surface area contributed by atoms with E-state index in [0.717, 1.165) is 34.3 Å². The van der Waals surface area contributed by atoms with E-state index >= 15 is 0 Å². The lowest BCUT2D eigenvalue weighted by Crippen LogP contribution is -2.37. The maximum atomic E-state index is 12.7. The van der Waals surface area contributed by atoms with E-state index in [1.807, 2.05) is 6.92 Å². The lowest BCUT2D eigenvalue weighted by molar-refractivity contribution is -0.384. The highest BCUT2D eigenvalue weighted by Crippen LogP contribution is 2.34. The van der Waals surface area contributed by atoms with Gasteiger partial charge in [0.2, 0.25) is 21.8 Å². The molecular formula is C21H24N4O7S. The Morgan fingerprint density at radius 3 is 2.55 bits per heavy atom. The monoisotopic (exact) mass is 476 g/mol. The molecule has 1 aliphatic heterocycles. The van der Waals surface area contributed by atoms with E-state index in [-0.39, 0.29) is 23.0 Å². The van der Waals surface area contributed by atoms with Crippen molar-refractivity contribution in [3.8, 4) is 5.75 Å². The molecule has 0 aliphatic carbocycles. The molecule has 3 rings (SSSR count). The Morgan fingerprint density at radius 1 is 1.27 bits per heavy atom. The molecule has 12 heteroatoms. The van der Waals surface area contributed by atoms with Gasteiger partial charge in [0, 0.05) is 36.5 Å². The number of nitro groups is 1. The summed E-state index contributed by atoms with van der Waals surface area (Å²) in [6.45, 7) is 1.83. The molecule has 1 N–H and O–H groups in total. The second-order valence-corrected chi connectivity index (χ2v) is 9.49. The van der Waals surface area contributed by atoms with Crippen molar-refractivity contribution in [1.29, 1.82) is 0 Å². The number of rotatable bonds is 8. The van der Waals surface area contributed by atoms with Crippen LogP contribution in [0.5, 0.6) is 5.75 Å². The maximum Gasteiger partial charge on any atom is 0.271 e. The van der Waals surface area contributed by atoms with Crippen LogP contribution < -0.4 is 19.3 Å². The summed E-state index contributed by atoms with van der Waals surface area (Å²) < 4.78 is 30.8. The zero-order valence-corrected chi connectivity index (χ0v) is 19.2. The van der Waals surface area contributed by atoms with Gasteiger partial charge >= 0.3 is 0 Å².